The molecule has 0 saturated heterocycles. The van der Waals surface area contributed by atoms with Crippen molar-refractivity contribution in [2.24, 2.45) is 5.92 Å². The van der Waals surface area contributed by atoms with Gasteiger partial charge in [-0.1, -0.05) is 6.07 Å². The van der Waals surface area contributed by atoms with Crippen molar-refractivity contribution in [2.45, 2.75) is 25.9 Å². The molecule has 2 rings (SSSR count). The van der Waals surface area contributed by atoms with E-state index >= 15 is 0 Å². The summed E-state index contributed by atoms with van der Waals surface area (Å²) < 4.78 is 34.3. The lowest BCUT2D eigenvalue weighted by atomic mass is 10.1. The number of nitrogens with zero attached hydrogens (tertiary/aromatic N) is 1. The van der Waals surface area contributed by atoms with Crippen LogP contribution in [0.3, 0.4) is 0 Å². The molecule has 5 heteroatoms. The molecule has 0 amide bonds. The molecule has 0 heterocycles. The number of alkyl halides is 2. The van der Waals surface area contributed by atoms with Crippen LogP contribution < -0.4 is 9.47 Å². The molecule has 1 aromatic carbocycles. The fourth-order valence-electron chi connectivity index (χ4n) is 1.55. The Bertz CT molecular complexity index is 453. The summed E-state index contributed by atoms with van der Waals surface area (Å²) in [6.07, 6.45) is 2.45. The average Bonchev–Trinajstić information content (AvgIpc) is 3.13. The second kappa shape index (κ2) is 5.67. The predicted molar refractivity (Wildman–Crippen MR) is 60.6 cm³/mol. The lowest BCUT2D eigenvalue weighted by Gasteiger charge is -2.12. The van der Waals surface area contributed by atoms with E-state index in [4.69, 9.17) is 10.00 Å². The van der Waals surface area contributed by atoms with Gasteiger partial charge < -0.3 is 9.47 Å². The third-order valence-corrected chi connectivity index (χ3v) is 2.68. The summed E-state index contributed by atoms with van der Waals surface area (Å²) in [4.78, 5) is 0. The van der Waals surface area contributed by atoms with Gasteiger partial charge in [-0.15, -0.1) is 0 Å². The Balaban J connectivity index is 2.12. The fraction of sp³-hybridized carbons (Fsp3) is 0.462. The van der Waals surface area contributed by atoms with E-state index in [0.29, 0.717) is 12.5 Å². The summed E-state index contributed by atoms with van der Waals surface area (Å²) in [6, 6.07) is 6.60. The van der Waals surface area contributed by atoms with Crippen LogP contribution in [-0.2, 0) is 6.42 Å². The van der Waals surface area contributed by atoms with Crippen molar-refractivity contribution in [3.05, 3.63) is 23.8 Å². The van der Waals surface area contributed by atoms with E-state index in [1.165, 1.54) is 6.07 Å². The molecule has 1 fully saturated rings. The molecule has 3 nitrogen and oxygen atoms in total. The van der Waals surface area contributed by atoms with Crippen molar-refractivity contribution in [1.29, 1.82) is 5.26 Å². The summed E-state index contributed by atoms with van der Waals surface area (Å²) in [7, 11) is 0. The summed E-state index contributed by atoms with van der Waals surface area (Å²) in [6.45, 7) is -2.37. The van der Waals surface area contributed by atoms with Crippen molar-refractivity contribution >= 4 is 0 Å². The summed E-state index contributed by atoms with van der Waals surface area (Å²) in [5, 5.41) is 8.61. The van der Waals surface area contributed by atoms with Crippen molar-refractivity contribution in [3.63, 3.8) is 0 Å². The highest BCUT2D eigenvalue weighted by atomic mass is 19.3. The van der Waals surface area contributed by atoms with Crippen molar-refractivity contribution in [1.82, 2.24) is 0 Å². The molecule has 1 saturated carbocycles. The van der Waals surface area contributed by atoms with Crippen molar-refractivity contribution < 1.29 is 18.3 Å². The smallest absolute Gasteiger partial charge is 0.387 e. The maximum Gasteiger partial charge on any atom is 0.387 e. The van der Waals surface area contributed by atoms with Gasteiger partial charge in [-0.05, 0) is 36.5 Å². The molecule has 0 aliphatic heterocycles. The third-order valence-electron chi connectivity index (χ3n) is 2.68. The molecule has 1 aliphatic rings. The van der Waals surface area contributed by atoms with E-state index in [2.05, 4.69) is 4.74 Å². The zero-order valence-corrected chi connectivity index (χ0v) is 9.73. The monoisotopic (exact) mass is 253 g/mol. The molecule has 0 N–H and O–H groups in total. The van der Waals surface area contributed by atoms with Gasteiger partial charge in [0, 0.05) is 0 Å². The molecule has 0 atom stereocenters. The minimum atomic E-state index is -2.88. The Kier molecular flexibility index (Phi) is 3.98. The molecule has 0 aromatic heterocycles. The Morgan fingerprint density at radius 1 is 1.33 bits per heavy atom. The summed E-state index contributed by atoms with van der Waals surface area (Å²) in [5.41, 5.74) is 0.727. The van der Waals surface area contributed by atoms with Crippen LogP contribution >= 0.6 is 0 Å². The second-order valence-corrected chi connectivity index (χ2v) is 4.25. The minimum Gasteiger partial charge on any atom is -0.489 e. The second-order valence-electron chi connectivity index (χ2n) is 4.25. The van der Waals surface area contributed by atoms with Gasteiger partial charge in [-0.2, -0.15) is 14.0 Å². The summed E-state index contributed by atoms with van der Waals surface area (Å²) >= 11 is 0. The number of halogens is 2. The van der Waals surface area contributed by atoms with Crippen molar-refractivity contribution in [3.8, 4) is 17.6 Å². The third kappa shape index (κ3) is 3.59. The first kappa shape index (κ1) is 12.6. The van der Waals surface area contributed by atoms with Crippen LogP contribution in [0.5, 0.6) is 11.5 Å². The SMILES string of the molecule is N#CCc1ccc(OC(F)F)c(OCC2CC2)c1. The van der Waals surface area contributed by atoms with Gasteiger partial charge in [0.15, 0.2) is 11.5 Å². The van der Waals surface area contributed by atoms with Crippen LogP contribution in [0.4, 0.5) is 8.78 Å². The Labute approximate surface area is 104 Å². The zero-order valence-electron chi connectivity index (χ0n) is 9.73. The van der Waals surface area contributed by atoms with Crippen LogP contribution in [0.1, 0.15) is 18.4 Å². The van der Waals surface area contributed by atoms with Gasteiger partial charge in [0.1, 0.15) is 0 Å². The van der Waals surface area contributed by atoms with E-state index in [1.807, 2.05) is 6.07 Å². The molecule has 0 bridgehead atoms. The first-order valence-electron chi connectivity index (χ1n) is 5.76. The molecule has 1 aliphatic carbocycles. The molecule has 0 radical (unpaired) electrons. The molecular weight excluding hydrogens is 240 g/mol. The van der Waals surface area contributed by atoms with Gasteiger partial charge in [-0.25, -0.2) is 0 Å². The number of nitriles is 1. The largest absolute Gasteiger partial charge is 0.489 e. The Morgan fingerprint density at radius 2 is 2.11 bits per heavy atom. The highest BCUT2D eigenvalue weighted by Gasteiger charge is 2.23. The van der Waals surface area contributed by atoms with E-state index in [-0.39, 0.29) is 17.9 Å². The minimum absolute atomic E-state index is 0.0207. The van der Waals surface area contributed by atoms with Crippen LogP contribution in [0.2, 0.25) is 0 Å². The highest BCUT2D eigenvalue weighted by Crippen LogP contribution is 2.34. The van der Waals surface area contributed by atoms with E-state index < -0.39 is 6.61 Å². The maximum atomic E-state index is 12.2. The van der Waals surface area contributed by atoms with Gasteiger partial charge in [0.2, 0.25) is 0 Å². The zero-order chi connectivity index (χ0) is 13.0. The van der Waals surface area contributed by atoms with Gasteiger partial charge in [0.25, 0.3) is 0 Å². The standard InChI is InChI=1S/C13H13F2NO2/c14-13(15)18-11-4-3-9(5-6-16)7-12(11)17-8-10-1-2-10/h3-4,7,10,13H,1-2,5,8H2. The fourth-order valence-corrected chi connectivity index (χ4v) is 1.55. The Morgan fingerprint density at radius 3 is 2.72 bits per heavy atom. The average molecular weight is 253 g/mol. The van der Waals surface area contributed by atoms with E-state index in [0.717, 1.165) is 18.4 Å². The van der Waals surface area contributed by atoms with Gasteiger partial charge in [0.05, 0.1) is 19.1 Å². The van der Waals surface area contributed by atoms with Crippen LogP contribution in [0.15, 0.2) is 18.2 Å². The molecular formula is C13H13F2NO2. The maximum absolute atomic E-state index is 12.2. The van der Waals surface area contributed by atoms with Crippen LogP contribution in [0, 0.1) is 17.2 Å². The Hall–Kier alpha value is -1.83. The predicted octanol–water partition coefficient (Wildman–Crippen LogP) is 3.14. The van der Waals surface area contributed by atoms with Crippen LogP contribution in [-0.4, -0.2) is 13.2 Å². The lowest BCUT2D eigenvalue weighted by Crippen LogP contribution is -2.06. The normalized spacial score (nSPS) is 14.3. The highest BCUT2D eigenvalue weighted by molar-refractivity contribution is 5.43. The molecule has 1 aromatic rings. The number of benzene rings is 1. The summed E-state index contributed by atoms with van der Waals surface area (Å²) in [5.74, 6) is 0.825. The molecule has 18 heavy (non-hydrogen) atoms. The molecule has 96 valence electrons. The first-order valence-corrected chi connectivity index (χ1v) is 5.76. The van der Waals surface area contributed by atoms with Gasteiger partial charge >= 0.3 is 6.61 Å². The topological polar surface area (TPSA) is 42.2 Å². The van der Waals surface area contributed by atoms with E-state index in [9.17, 15) is 8.78 Å². The lowest BCUT2D eigenvalue weighted by molar-refractivity contribution is -0.0515. The van der Waals surface area contributed by atoms with Crippen LogP contribution in [0.25, 0.3) is 0 Å². The first-order chi connectivity index (χ1) is 8.69. The van der Waals surface area contributed by atoms with Gasteiger partial charge in [-0.3, -0.25) is 0 Å². The molecule has 0 spiro atoms. The number of hydrogen-bond acceptors (Lipinski definition) is 3. The number of hydrogen-bond donors (Lipinski definition) is 0. The quantitative estimate of drug-likeness (QED) is 0.782. The number of ether oxygens (including phenoxy) is 2. The number of rotatable bonds is 6. The van der Waals surface area contributed by atoms with E-state index in [1.54, 1.807) is 12.1 Å². The molecule has 0 unspecified atom stereocenters. The van der Waals surface area contributed by atoms with Crippen molar-refractivity contribution in [2.75, 3.05) is 6.61 Å².